The summed E-state index contributed by atoms with van der Waals surface area (Å²) in [6.07, 6.45) is 5.65. The van der Waals surface area contributed by atoms with Crippen molar-refractivity contribution in [1.82, 2.24) is 10.2 Å². The predicted molar refractivity (Wildman–Crippen MR) is 144 cm³/mol. The standard InChI is InChI=1S/C29H40N2O4.Bi.3HI/c1-6-18-17-31-10-8-20-14-27(33-3)29(35-5)16-23(20)25(31)12-21(18)11-24-22-15-28(34-4)26(32-2)13-19(22)7-9-30-24;;;;/h13-16,18,21,24-25,30H,6-12,17H2,1-5H3;;3*1H/q;+3;;;/p-3/t18-,21-,24+,25-;;;;/m0..../s1. The Morgan fingerprint density at radius 3 is 1.87 bits per heavy atom. The first-order valence-corrected chi connectivity index (χ1v) is 13.1. The Kier molecular flexibility index (Phi) is 16.5. The zero-order valence-corrected chi connectivity index (χ0v) is 33.4. The molecule has 0 spiro atoms. The maximum Gasteiger partial charge on any atom is 3.00 e. The molecule has 1 N–H and O–H groups in total. The van der Waals surface area contributed by atoms with Crippen molar-refractivity contribution in [3.05, 3.63) is 46.5 Å². The zero-order chi connectivity index (χ0) is 24.5. The minimum absolute atomic E-state index is 0. The van der Waals surface area contributed by atoms with E-state index in [1.165, 1.54) is 41.6 Å². The third kappa shape index (κ3) is 7.78. The zero-order valence-electron chi connectivity index (χ0n) is 23.4. The SMILES string of the molecule is CC[C@H]1CN2CCc3cc(OC)c(OC)cc3[C@@H]2C[C@@H]1C[C@H]1NCCc2cc(OC)c(OC)cc21.[Bi+3].[I-].[I-].[I-]. The van der Waals surface area contributed by atoms with Crippen molar-refractivity contribution in [2.45, 2.75) is 51.1 Å². The molecule has 1 fully saturated rings. The van der Waals surface area contributed by atoms with Crippen molar-refractivity contribution in [2.75, 3.05) is 48.1 Å². The van der Waals surface area contributed by atoms with Gasteiger partial charge in [0.2, 0.25) is 0 Å². The molecule has 1 saturated heterocycles. The number of nitrogens with one attached hydrogen (secondary N) is 1. The van der Waals surface area contributed by atoms with E-state index in [0.29, 0.717) is 23.9 Å². The second kappa shape index (κ2) is 17.1. The molecule has 5 rings (SSSR count). The maximum absolute atomic E-state index is 5.68. The quantitative estimate of drug-likeness (QED) is 0.224. The third-order valence-corrected chi connectivity index (χ3v) is 8.64. The van der Waals surface area contributed by atoms with Gasteiger partial charge < -0.3 is 96.2 Å². The molecule has 3 heterocycles. The number of halogens is 3. The molecule has 2 aromatic carbocycles. The topological polar surface area (TPSA) is 52.2 Å². The molecule has 2 aromatic rings. The van der Waals surface area contributed by atoms with Gasteiger partial charge in [0, 0.05) is 25.2 Å². The van der Waals surface area contributed by atoms with Gasteiger partial charge in [0.1, 0.15) is 0 Å². The van der Waals surface area contributed by atoms with E-state index < -0.39 is 0 Å². The number of ether oxygens (including phenoxy) is 4. The van der Waals surface area contributed by atoms with Crippen LogP contribution in [0.25, 0.3) is 0 Å². The Labute approximate surface area is 304 Å². The van der Waals surface area contributed by atoms with Crippen molar-refractivity contribution in [2.24, 2.45) is 11.8 Å². The summed E-state index contributed by atoms with van der Waals surface area (Å²) in [5.74, 6) is 4.69. The molecule has 0 amide bonds. The maximum atomic E-state index is 5.68. The molecule has 216 valence electrons. The van der Waals surface area contributed by atoms with Crippen LogP contribution in [0.1, 0.15) is 60.5 Å². The Hall–Kier alpha value is 0.633. The Bertz CT molecular complexity index is 1080. The van der Waals surface area contributed by atoms with Gasteiger partial charge in [-0.3, -0.25) is 4.90 Å². The number of nitrogens with zero attached hydrogens (tertiary/aromatic N) is 1. The Balaban J connectivity index is 0.00000190. The number of methoxy groups -OCH3 is 4. The van der Waals surface area contributed by atoms with E-state index >= 15 is 0 Å². The summed E-state index contributed by atoms with van der Waals surface area (Å²) in [4.78, 5) is 2.72. The Morgan fingerprint density at radius 1 is 0.769 bits per heavy atom. The summed E-state index contributed by atoms with van der Waals surface area (Å²) in [5.41, 5.74) is 5.60. The van der Waals surface area contributed by atoms with E-state index in [2.05, 4.69) is 41.4 Å². The number of fused-ring (bicyclic) bond motifs is 4. The second-order valence-corrected chi connectivity index (χ2v) is 10.2. The number of benzene rings is 2. The number of hydrogen-bond acceptors (Lipinski definition) is 6. The van der Waals surface area contributed by atoms with Crippen LogP contribution in [0.2, 0.25) is 0 Å². The predicted octanol–water partition coefficient (Wildman–Crippen LogP) is -4.43. The van der Waals surface area contributed by atoms with Crippen LogP contribution in [0.15, 0.2) is 24.3 Å². The van der Waals surface area contributed by atoms with Gasteiger partial charge in [-0.15, -0.1) is 0 Å². The molecule has 0 aromatic heterocycles. The molecule has 0 unspecified atom stereocenters. The number of rotatable bonds is 7. The molecule has 10 heteroatoms. The fourth-order valence-electron chi connectivity index (χ4n) is 6.74. The van der Waals surface area contributed by atoms with E-state index in [1.807, 2.05) is 0 Å². The summed E-state index contributed by atoms with van der Waals surface area (Å²) in [6, 6.07) is 9.61. The van der Waals surface area contributed by atoms with Crippen LogP contribution >= 0.6 is 0 Å². The average Bonchev–Trinajstić information content (AvgIpc) is 2.91. The minimum Gasteiger partial charge on any atom is -1.00 e. The monoisotopic (exact) mass is 1070 g/mol. The molecular formula is C29H40BiI3N2O4. The molecule has 3 aliphatic heterocycles. The molecule has 0 saturated carbocycles. The van der Waals surface area contributed by atoms with Gasteiger partial charge in [0.05, 0.1) is 28.4 Å². The fourth-order valence-corrected chi connectivity index (χ4v) is 6.74. The summed E-state index contributed by atoms with van der Waals surface area (Å²) in [5, 5.41) is 3.83. The van der Waals surface area contributed by atoms with Crippen LogP contribution in [-0.4, -0.2) is 79.2 Å². The van der Waals surface area contributed by atoms with Crippen LogP contribution in [-0.2, 0) is 12.8 Å². The minimum atomic E-state index is 0. The first-order chi connectivity index (χ1) is 17.1. The van der Waals surface area contributed by atoms with Gasteiger partial charge in [-0.1, -0.05) is 13.3 Å². The first kappa shape index (κ1) is 37.7. The van der Waals surface area contributed by atoms with Gasteiger partial charge in [-0.05, 0) is 90.6 Å². The van der Waals surface area contributed by atoms with Gasteiger partial charge in [0.25, 0.3) is 0 Å². The summed E-state index contributed by atoms with van der Waals surface area (Å²) in [7, 11) is 6.90. The molecule has 3 aliphatic rings. The molecule has 2 radical (unpaired) electrons. The van der Waals surface area contributed by atoms with Crippen molar-refractivity contribution in [3.8, 4) is 23.0 Å². The number of piperidine rings is 1. The van der Waals surface area contributed by atoms with E-state index in [-0.39, 0.29) is 98.1 Å². The van der Waals surface area contributed by atoms with Crippen LogP contribution in [0, 0.1) is 11.8 Å². The summed E-state index contributed by atoms with van der Waals surface area (Å²) in [6.45, 7) is 5.66. The van der Waals surface area contributed by atoms with Gasteiger partial charge in [-0.2, -0.15) is 0 Å². The van der Waals surface area contributed by atoms with E-state index in [4.69, 9.17) is 18.9 Å². The van der Waals surface area contributed by atoms with E-state index in [0.717, 1.165) is 55.4 Å². The van der Waals surface area contributed by atoms with Crippen molar-refractivity contribution < 1.29 is 90.9 Å². The Morgan fingerprint density at radius 2 is 1.31 bits per heavy atom. The largest absolute Gasteiger partial charge is 3.00 e. The van der Waals surface area contributed by atoms with Crippen molar-refractivity contribution in [3.63, 3.8) is 0 Å². The molecule has 39 heavy (non-hydrogen) atoms. The first-order valence-electron chi connectivity index (χ1n) is 13.1. The van der Waals surface area contributed by atoms with E-state index in [9.17, 15) is 0 Å². The van der Waals surface area contributed by atoms with Gasteiger partial charge >= 0.3 is 26.2 Å². The molecular weight excluding hydrogens is 1030 g/mol. The van der Waals surface area contributed by atoms with E-state index in [1.54, 1.807) is 28.4 Å². The molecule has 0 bridgehead atoms. The van der Waals surface area contributed by atoms with Crippen LogP contribution in [0.3, 0.4) is 0 Å². The number of hydrogen-bond donors (Lipinski definition) is 1. The molecule has 4 atom stereocenters. The normalized spacial score (nSPS) is 23.1. The van der Waals surface area contributed by atoms with Crippen molar-refractivity contribution >= 4 is 26.2 Å². The summed E-state index contributed by atoms with van der Waals surface area (Å²) < 4.78 is 22.5. The molecule has 0 aliphatic carbocycles. The average molecular weight is 1070 g/mol. The van der Waals surface area contributed by atoms with Gasteiger partial charge in [0.15, 0.2) is 23.0 Å². The van der Waals surface area contributed by atoms with Crippen LogP contribution in [0.5, 0.6) is 23.0 Å². The van der Waals surface area contributed by atoms with Crippen LogP contribution in [0.4, 0.5) is 0 Å². The van der Waals surface area contributed by atoms with Crippen molar-refractivity contribution in [1.29, 1.82) is 0 Å². The third-order valence-electron chi connectivity index (χ3n) is 8.64. The van der Waals surface area contributed by atoms with Crippen LogP contribution < -0.4 is 96.2 Å². The smallest absolute Gasteiger partial charge is 1.00 e. The fraction of sp³-hybridized carbons (Fsp3) is 0.586. The van der Waals surface area contributed by atoms with Gasteiger partial charge in [-0.25, -0.2) is 0 Å². The summed E-state index contributed by atoms with van der Waals surface area (Å²) >= 11 is 0. The second-order valence-electron chi connectivity index (χ2n) is 10.2. The molecule has 6 nitrogen and oxygen atoms in total.